The number of esters is 1. The summed E-state index contributed by atoms with van der Waals surface area (Å²) < 4.78 is 26.4. The first kappa shape index (κ1) is 38.4. The van der Waals surface area contributed by atoms with E-state index in [4.69, 9.17) is 4.74 Å². The Hall–Kier alpha value is -0.660. The van der Waals surface area contributed by atoms with Crippen molar-refractivity contribution in [2.24, 2.45) is 0 Å². The highest BCUT2D eigenvalue weighted by Crippen LogP contribution is 2.47. The third-order valence-electron chi connectivity index (χ3n) is 7.43. The highest BCUT2D eigenvalue weighted by molar-refractivity contribution is 7.47. The number of rotatable bonds is 24. The van der Waals surface area contributed by atoms with Gasteiger partial charge in [0.25, 0.3) is 0 Å². The van der Waals surface area contributed by atoms with E-state index in [-0.39, 0.29) is 6.42 Å². The Morgan fingerprint density at radius 3 is 1.49 bits per heavy atom. The van der Waals surface area contributed by atoms with E-state index in [1.54, 1.807) is 0 Å². The first-order valence-corrected chi connectivity index (χ1v) is 16.9. The number of unbranched alkanes of at least 4 members (excludes halogenated alkanes) is 15. The van der Waals surface area contributed by atoms with Crippen LogP contribution >= 0.6 is 7.82 Å². The molecule has 1 aliphatic carbocycles. The van der Waals surface area contributed by atoms with Crippen molar-refractivity contribution in [3.8, 4) is 0 Å². The summed E-state index contributed by atoms with van der Waals surface area (Å²) in [4.78, 5) is 21.7. The van der Waals surface area contributed by atoms with Crippen LogP contribution in [0.25, 0.3) is 0 Å². The molecular weight excluding hydrogens is 559 g/mol. The van der Waals surface area contributed by atoms with Gasteiger partial charge in [-0.25, -0.2) is 4.57 Å². The van der Waals surface area contributed by atoms with Gasteiger partial charge in [0.05, 0.1) is 6.61 Å². The number of aliphatic hydroxyl groups excluding tert-OH is 6. The summed E-state index contributed by atoms with van der Waals surface area (Å²) in [5.74, 6) is -0.507. The molecule has 0 saturated heterocycles. The molecule has 0 spiro atoms. The summed E-state index contributed by atoms with van der Waals surface area (Å²) in [6, 6.07) is 0. The lowest BCUT2D eigenvalue weighted by Crippen LogP contribution is -2.64. The van der Waals surface area contributed by atoms with Gasteiger partial charge in [0, 0.05) is 6.42 Å². The van der Waals surface area contributed by atoms with E-state index in [2.05, 4.69) is 16.0 Å². The molecule has 1 fully saturated rings. The topological polar surface area (TPSA) is 203 Å². The molecule has 0 heterocycles. The predicted molar refractivity (Wildman–Crippen MR) is 152 cm³/mol. The Morgan fingerprint density at radius 2 is 1.05 bits per heavy atom. The van der Waals surface area contributed by atoms with Gasteiger partial charge >= 0.3 is 13.8 Å². The van der Waals surface area contributed by atoms with Gasteiger partial charge in [0.1, 0.15) is 49.3 Å². The van der Waals surface area contributed by atoms with Crippen LogP contribution in [-0.4, -0.2) is 97.4 Å². The first-order valence-electron chi connectivity index (χ1n) is 15.4. The second-order valence-corrected chi connectivity index (χ2v) is 12.6. The minimum atomic E-state index is -4.98. The Balaban J connectivity index is 2.04. The molecule has 0 aromatic carbocycles. The van der Waals surface area contributed by atoms with Crippen molar-refractivity contribution in [3.05, 3.63) is 0 Å². The van der Waals surface area contributed by atoms with E-state index in [0.717, 1.165) is 19.3 Å². The number of ether oxygens (including phenoxy) is 1. The molecule has 7 N–H and O–H groups in total. The van der Waals surface area contributed by atoms with Crippen LogP contribution in [0.2, 0.25) is 0 Å². The van der Waals surface area contributed by atoms with Crippen molar-refractivity contribution in [2.75, 3.05) is 13.2 Å². The molecule has 1 rings (SSSR count). The molecule has 0 amide bonds. The number of hydrogen-bond donors (Lipinski definition) is 7. The van der Waals surface area contributed by atoms with Crippen LogP contribution in [0.4, 0.5) is 0 Å². The summed E-state index contributed by atoms with van der Waals surface area (Å²) >= 11 is 0. The maximum Gasteiger partial charge on any atom is 0.472 e. The third kappa shape index (κ3) is 16.7. The van der Waals surface area contributed by atoms with Crippen LogP contribution in [0.15, 0.2) is 0 Å². The highest BCUT2D eigenvalue weighted by Gasteiger charge is 2.51. The molecule has 0 aliphatic heterocycles. The van der Waals surface area contributed by atoms with Gasteiger partial charge in [0.2, 0.25) is 0 Å². The molecule has 12 nitrogen and oxygen atoms in total. The fourth-order valence-electron chi connectivity index (χ4n) is 4.81. The largest absolute Gasteiger partial charge is 0.472 e. The number of carbonyl (C=O) groups excluding carboxylic acids is 1. The Kier molecular flexibility index (Phi) is 20.5. The van der Waals surface area contributed by atoms with E-state index in [9.17, 15) is 44.9 Å². The molecule has 0 bridgehead atoms. The maximum atomic E-state index is 12.1. The van der Waals surface area contributed by atoms with E-state index in [1.807, 2.05) is 0 Å². The standard InChI is InChI=1S/C28H55O12P/c1-2-3-4-5-6-7-8-9-10-11-12-13-14-15-16-17-18-22(30)38-19-21(29)20-39-41(36,37)40-28-26(34)24(32)23(31)25(33)27(28)35/h21,23-29,31-35H,2-20H2,1H3,(H,36,37). The molecule has 6 unspecified atom stereocenters. The highest BCUT2D eigenvalue weighted by atomic mass is 31.2. The third-order valence-corrected chi connectivity index (χ3v) is 8.41. The van der Waals surface area contributed by atoms with Crippen molar-refractivity contribution in [3.63, 3.8) is 0 Å². The lowest BCUT2D eigenvalue weighted by Gasteiger charge is -2.41. The number of carbonyl (C=O) groups is 1. The van der Waals surface area contributed by atoms with Crippen LogP contribution in [0.5, 0.6) is 0 Å². The molecule has 13 heteroatoms. The van der Waals surface area contributed by atoms with Gasteiger partial charge in [-0.3, -0.25) is 13.8 Å². The number of hydrogen-bond acceptors (Lipinski definition) is 11. The van der Waals surface area contributed by atoms with Crippen molar-refractivity contribution in [2.45, 2.75) is 159 Å². The van der Waals surface area contributed by atoms with Crippen LogP contribution in [0.3, 0.4) is 0 Å². The van der Waals surface area contributed by atoms with Crippen LogP contribution in [-0.2, 0) is 23.1 Å². The lowest BCUT2D eigenvalue weighted by atomic mass is 9.85. The van der Waals surface area contributed by atoms with Gasteiger partial charge in [0.15, 0.2) is 0 Å². The second kappa shape index (κ2) is 21.9. The van der Waals surface area contributed by atoms with Crippen molar-refractivity contribution < 1.29 is 58.7 Å². The van der Waals surface area contributed by atoms with Crippen LogP contribution < -0.4 is 0 Å². The van der Waals surface area contributed by atoms with Gasteiger partial charge in [-0.2, -0.15) is 0 Å². The molecule has 244 valence electrons. The number of phosphoric acid groups is 1. The van der Waals surface area contributed by atoms with Crippen molar-refractivity contribution >= 4 is 13.8 Å². The summed E-state index contributed by atoms with van der Waals surface area (Å²) in [5, 5.41) is 58.6. The Bertz CT molecular complexity index is 710. The quantitative estimate of drug-likeness (QED) is 0.0476. The average molecular weight is 615 g/mol. The van der Waals surface area contributed by atoms with E-state index >= 15 is 0 Å². The maximum absolute atomic E-state index is 12.1. The van der Waals surface area contributed by atoms with Crippen molar-refractivity contribution in [1.82, 2.24) is 0 Å². The summed E-state index contributed by atoms with van der Waals surface area (Å²) in [5.41, 5.74) is 0. The second-order valence-electron chi connectivity index (χ2n) is 11.2. The first-order chi connectivity index (χ1) is 19.5. The zero-order valence-corrected chi connectivity index (χ0v) is 25.5. The van der Waals surface area contributed by atoms with Crippen LogP contribution in [0.1, 0.15) is 116 Å². The Morgan fingerprint density at radius 1 is 0.659 bits per heavy atom. The Labute approximate surface area is 244 Å². The monoisotopic (exact) mass is 614 g/mol. The minimum Gasteiger partial charge on any atom is -0.463 e. The van der Waals surface area contributed by atoms with Gasteiger partial charge in [-0.05, 0) is 6.42 Å². The summed E-state index contributed by atoms with van der Waals surface area (Å²) in [7, 11) is -4.98. The number of aliphatic hydroxyl groups is 6. The fourth-order valence-corrected chi connectivity index (χ4v) is 5.79. The molecule has 1 saturated carbocycles. The normalized spacial score (nSPS) is 26.9. The zero-order valence-electron chi connectivity index (χ0n) is 24.6. The lowest BCUT2D eigenvalue weighted by molar-refractivity contribution is -0.220. The summed E-state index contributed by atoms with van der Waals surface area (Å²) in [6.07, 6.45) is 6.65. The van der Waals surface area contributed by atoms with Crippen molar-refractivity contribution in [1.29, 1.82) is 0 Å². The molecule has 41 heavy (non-hydrogen) atoms. The van der Waals surface area contributed by atoms with E-state index in [1.165, 1.54) is 77.0 Å². The molecule has 0 aromatic rings. The zero-order chi connectivity index (χ0) is 30.7. The molecule has 1 aliphatic rings. The molecule has 6 atom stereocenters. The minimum absolute atomic E-state index is 0.196. The van der Waals surface area contributed by atoms with Gasteiger partial charge < -0.3 is 40.3 Å². The molecule has 0 radical (unpaired) electrons. The predicted octanol–water partition coefficient (Wildman–Crippen LogP) is 2.86. The van der Waals surface area contributed by atoms with Crippen LogP contribution in [0, 0.1) is 0 Å². The smallest absolute Gasteiger partial charge is 0.463 e. The van der Waals surface area contributed by atoms with Gasteiger partial charge in [-0.15, -0.1) is 0 Å². The van der Waals surface area contributed by atoms with Gasteiger partial charge in [-0.1, -0.05) is 103 Å². The summed E-state index contributed by atoms with van der Waals surface area (Å²) in [6.45, 7) is 0.995. The van der Waals surface area contributed by atoms with E-state index < -0.39 is 69.7 Å². The molecular formula is C28H55O12P. The number of phosphoric ester groups is 1. The molecule has 0 aromatic heterocycles. The average Bonchev–Trinajstić information content (AvgIpc) is 2.95. The van der Waals surface area contributed by atoms with E-state index in [0.29, 0.717) is 6.42 Å². The SMILES string of the molecule is CCCCCCCCCCCCCCCCCCC(=O)OCC(O)COP(=O)(O)OC1C(O)C(O)C(O)C(O)C1O. The fraction of sp³-hybridized carbons (Fsp3) is 0.964.